The average molecular weight is 335 g/mol. The Morgan fingerprint density at radius 3 is 2.42 bits per heavy atom. The second-order valence-corrected chi connectivity index (χ2v) is 6.10. The first-order valence-corrected chi connectivity index (χ1v) is 8.01. The molecule has 3 atom stereocenters. The molecule has 2 rings (SSSR count). The largest absolute Gasteiger partial charge is 0.383 e. The minimum absolute atomic E-state index is 0.0264. The Bertz CT molecular complexity index is 566. The summed E-state index contributed by atoms with van der Waals surface area (Å²) in [6, 6.07) is 6.05. The SMILES string of the molecule is COCC(N)C(=O)Nc1ccc(C(=O)N2CC(C)OC(C)C2)cc1. The maximum Gasteiger partial charge on any atom is 0.254 e. The van der Waals surface area contributed by atoms with Crippen LogP contribution in [0.5, 0.6) is 0 Å². The quantitative estimate of drug-likeness (QED) is 0.832. The number of benzene rings is 1. The molecule has 1 aromatic rings. The molecule has 0 aromatic heterocycles. The van der Waals surface area contributed by atoms with Gasteiger partial charge in [-0.2, -0.15) is 0 Å². The highest BCUT2D eigenvalue weighted by atomic mass is 16.5. The number of amides is 2. The van der Waals surface area contributed by atoms with Crippen LogP contribution >= 0.6 is 0 Å². The van der Waals surface area contributed by atoms with E-state index in [4.69, 9.17) is 15.2 Å². The number of carbonyl (C=O) groups excluding carboxylic acids is 2. The predicted octanol–water partition coefficient (Wildman–Crippen LogP) is 0.848. The minimum Gasteiger partial charge on any atom is -0.383 e. The first kappa shape index (κ1) is 18.4. The fourth-order valence-electron chi connectivity index (χ4n) is 2.71. The molecule has 1 saturated heterocycles. The van der Waals surface area contributed by atoms with Crippen molar-refractivity contribution in [2.75, 3.05) is 32.1 Å². The summed E-state index contributed by atoms with van der Waals surface area (Å²) in [6.07, 6.45) is 0.0528. The van der Waals surface area contributed by atoms with Crippen molar-refractivity contribution in [2.45, 2.75) is 32.1 Å². The van der Waals surface area contributed by atoms with Gasteiger partial charge in [0.1, 0.15) is 6.04 Å². The summed E-state index contributed by atoms with van der Waals surface area (Å²) in [6.45, 7) is 5.21. The summed E-state index contributed by atoms with van der Waals surface area (Å²) in [5, 5.41) is 2.70. The molecule has 0 radical (unpaired) electrons. The van der Waals surface area contributed by atoms with E-state index in [2.05, 4.69) is 5.32 Å². The Labute approximate surface area is 142 Å². The van der Waals surface area contributed by atoms with Crippen LogP contribution in [0.1, 0.15) is 24.2 Å². The van der Waals surface area contributed by atoms with Crippen LogP contribution in [-0.2, 0) is 14.3 Å². The molecule has 0 saturated carbocycles. The van der Waals surface area contributed by atoms with Gasteiger partial charge >= 0.3 is 0 Å². The van der Waals surface area contributed by atoms with Crippen molar-refractivity contribution in [3.63, 3.8) is 0 Å². The molecule has 0 aliphatic carbocycles. The van der Waals surface area contributed by atoms with Gasteiger partial charge in [0.25, 0.3) is 5.91 Å². The third kappa shape index (κ3) is 4.77. The van der Waals surface area contributed by atoms with Gasteiger partial charge in [-0.15, -0.1) is 0 Å². The number of nitrogens with zero attached hydrogens (tertiary/aromatic N) is 1. The molecule has 1 aliphatic rings. The molecule has 132 valence electrons. The van der Waals surface area contributed by atoms with Crippen molar-refractivity contribution in [3.05, 3.63) is 29.8 Å². The van der Waals surface area contributed by atoms with Gasteiger partial charge in [-0.3, -0.25) is 9.59 Å². The van der Waals surface area contributed by atoms with Crippen molar-refractivity contribution in [1.82, 2.24) is 4.90 Å². The highest BCUT2D eigenvalue weighted by Gasteiger charge is 2.26. The molecule has 1 fully saturated rings. The maximum absolute atomic E-state index is 12.6. The number of hydrogen-bond acceptors (Lipinski definition) is 5. The molecule has 1 aromatic carbocycles. The lowest BCUT2D eigenvalue weighted by molar-refractivity contribution is -0.118. The van der Waals surface area contributed by atoms with Gasteiger partial charge in [0, 0.05) is 31.5 Å². The molecule has 1 aliphatic heterocycles. The molecular weight excluding hydrogens is 310 g/mol. The van der Waals surface area contributed by atoms with Crippen molar-refractivity contribution in [1.29, 1.82) is 0 Å². The van der Waals surface area contributed by atoms with Crippen LogP contribution < -0.4 is 11.1 Å². The minimum atomic E-state index is -0.729. The molecule has 0 spiro atoms. The average Bonchev–Trinajstić information content (AvgIpc) is 2.54. The highest BCUT2D eigenvalue weighted by Crippen LogP contribution is 2.16. The molecule has 3 unspecified atom stereocenters. The summed E-state index contributed by atoms with van der Waals surface area (Å²) in [7, 11) is 1.49. The van der Waals surface area contributed by atoms with Gasteiger partial charge in [-0.1, -0.05) is 0 Å². The van der Waals surface area contributed by atoms with Crippen LogP contribution in [0.2, 0.25) is 0 Å². The second-order valence-electron chi connectivity index (χ2n) is 6.10. The first-order valence-electron chi connectivity index (χ1n) is 8.01. The number of rotatable bonds is 5. The zero-order valence-electron chi connectivity index (χ0n) is 14.3. The summed E-state index contributed by atoms with van der Waals surface area (Å²) >= 11 is 0. The van der Waals surface area contributed by atoms with Crippen molar-refractivity contribution in [2.24, 2.45) is 5.73 Å². The monoisotopic (exact) mass is 335 g/mol. The van der Waals surface area contributed by atoms with Crippen LogP contribution in [-0.4, -0.2) is 61.8 Å². The topological polar surface area (TPSA) is 93.9 Å². The van der Waals surface area contributed by atoms with Crippen LogP contribution in [0.3, 0.4) is 0 Å². The fourth-order valence-corrected chi connectivity index (χ4v) is 2.71. The molecule has 2 amide bonds. The van der Waals surface area contributed by atoms with E-state index in [1.807, 2.05) is 13.8 Å². The Kier molecular flexibility index (Phi) is 6.30. The lowest BCUT2D eigenvalue weighted by Gasteiger charge is -2.35. The van der Waals surface area contributed by atoms with Gasteiger partial charge in [0.05, 0.1) is 18.8 Å². The van der Waals surface area contributed by atoms with Crippen LogP contribution in [0.25, 0.3) is 0 Å². The third-order valence-electron chi connectivity index (χ3n) is 3.79. The molecule has 0 bridgehead atoms. The van der Waals surface area contributed by atoms with E-state index in [0.717, 1.165) is 0 Å². The van der Waals surface area contributed by atoms with Gasteiger partial charge in [0.15, 0.2) is 0 Å². The molecule has 1 heterocycles. The molecular formula is C17H25N3O4. The normalized spacial score (nSPS) is 22.1. The number of ether oxygens (including phenoxy) is 2. The van der Waals surface area contributed by atoms with Crippen molar-refractivity contribution >= 4 is 17.5 Å². The summed E-state index contributed by atoms with van der Waals surface area (Å²) in [5.74, 6) is -0.363. The van der Waals surface area contributed by atoms with Crippen LogP contribution in [0, 0.1) is 0 Å². The summed E-state index contributed by atoms with van der Waals surface area (Å²) < 4.78 is 10.5. The first-order chi connectivity index (χ1) is 11.4. The summed E-state index contributed by atoms with van der Waals surface area (Å²) in [4.78, 5) is 26.2. The Balaban J connectivity index is 1.98. The zero-order valence-corrected chi connectivity index (χ0v) is 14.3. The lowest BCUT2D eigenvalue weighted by Crippen LogP contribution is -2.48. The van der Waals surface area contributed by atoms with Gasteiger partial charge < -0.3 is 25.4 Å². The van der Waals surface area contributed by atoms with Gasteiger partial charge in [-0.05, 0) is 38.1 Å². The van der Waals surface area contributed by atoms with Crippen molar-refractivity contribution < 1.29 is 19.1 Å². The second kappa shape index (κ2) is 8.23. The number of methoxy groups -OCH3 is 1. The van der Waals surface area contributed by atoms with Crippen molar-refractivity contribution in [3.8, 4) is 0 Å². The molecule has 24 heavy (non-hydrogen) atoms. The van der Waals surface area contributed by atoms with Gasteiger partial charge in [0.2, 0.25) is 5.91 Å². The number of nitrogens with one attached hydrogen (secondary N) is 1. The van der Waals surface area contributed by atoms with E-state index in [-0.39, 0.29) is 30.6 Å². The summed E-state index contributed by atoms with van der Waals surface area (Å²) in [5.41, 5.74) is 6.84. The number of anilines is 1. The zero-order chi connectivity index (χ0) is 17.7. The Morgan fingerprint density at radius 2 is 1.88 bits per heavy atom. The van der Waals surface area contributed by atoms with Gasteiger partial charge in [-0.25, -0.2) is 0 Å². The van der Waals surface area contributed by atoms with E-state index in [0.29, 0.717) is 24.3 Å². The number of carbonyl (C=O) groups is 2. The fraction of sp³-hybridized carbons (Fsp3) is 0.529. The van der Waals surface area contributed by atoms with Crippen LogP contribution in [0.15, 0.2) is 24.3 Å². The predicted molar refractivity (Wildman–Crippen MR) is 90.8 cm³/mol. The smallest absolute Gasteiger partial charge is 0.254 e. The maximum atomic E-state index is 12.6. The van der Waals surface area contributed by atoms with Crippen LogP contribution in [0.4, 0.5) is 5.69 Å². The lowest BCUT2D eigenvalue weighted by atomic mass is 10.1. The van der Waals surface area contributed by atoms with E-state index in [1.54, 1.807) is 29.2 Å². The van der Waals surface area contributed by atoms with E-state index in [1.165, 1.54) is 7.11 Å². The Morgan fingerprint density at radius 1 is 1.29 bits per heavy atom. The number of morpholine rings is 1. The van der Waals surface area contributed by atoms with E-state index < -0.39 is 6.04 Å². The number of nitrogens with two attached hydrogens (primary N) is 1. The Hall–Kier alpha value is -1.96. The van der Waals surface area contributed by atoms with E-state index >= 15 is 0 Å². The molecule has 7 heteroatoms. The van der Waals surface area contributed by atoms with E-state index in [9.17, 15) is 9.59 Å². The molecule has 7 nitrogen and oxygen atoms in total. The standard InChI is InChI=1S/C17H25N3O4/c1-11-8-20(9-12(2)24-11)17(22)13-4-6-14(7-5-13)19-16(21)15(18)10-23-3/h4-7,11-12,15H,8-10,18H2,1-3H3,(H,19,21). The number of hydrogen-bond donors (Lipinski definition) is 2. The highest BCUT2D eigenvalue weighted by molar-refractivity contribution is 5.97. The molecule has 3 N–H and O–H groups in total. The third-order valence-corrected chi connectivity index (χ3v) is 3.79.